The third-order valence-corrected chi connectivity index (χ3v) is 4.83. The topological polar surface area (TPSA) is 41.6 Å². The van der Waals surface area contributed by atoms with Crippen LogP contribution in [0.5, 0.6) is 5.75 Å². The van der Waals surface area contributed by atoms with Crippen molar-refractivity contribution in [1.29, 1.82) is 0 Å². The monoisotopic (exact) mass is 372 g/mol. The van der Waals surface area contributed by atoms with E-state index >= 15 is 0 Å². The number of amides is 1. The van der Waals surface area contributed by atoms with Gasteiger partial charge in [0.25, 0.3) is 5.91 Å². The molecule has 1 saturated heterocycles. The summed E-state index contributed by atoms with van der Waals surface area (Å²) in [5.41, 5.74) is 1.99. The van der Waals surface area contributed by atoms with E-state index in [9.17, 15) is 4.79 Å². The van der Waals surface area contributed by atoms with Crippen LogP contribution in [-0.4, -0.2) is 25.1 Å². The van der Waals surface area contributed by atoms with E-state index in [0.29, 0.717) is 17.2 Å². The van der Waals surface area contributed by atoms with Crippen molar-refractivity contribution in [2.75, 3.05) is 23.3 Å². The quantitative estimate of drug-likeness (QED) is 0.764. The van der Waals surface area contributed by atoms with E-state index in [4.69, 9.17) is 16.3 Å². The van der Waals surface area contributed by atoms with Crippen LogP contribution in [0.2, 0.25) is 5.02 Å². The van der Waals surface area contributed by atoms with Gasteiger partial charge in [0.15, 0.2) is 6.10 Å². The van der Waals surface area contributed by atoms with Crippen molar-refractivity contribution in [1.82, 2.24) is 0 Å². The van der Waals surface area contributed by atoms with E-state index in [-0.39, 0.29) is 5.91 Å². The van der Waals surface area contributed by atoms with Crippen LogP contribution in [0.25, 0.3) is 0 Å². The van der Waals surface area contributed by atoms with E-state index in [1.54, 1.807) is 18.2 Å². The van der Waals surface area contributed by atoms with Crippen LogP contribution in [-0.2, 0) is 4.79 Å². The molecular formula is C21H25ClN2O2. The summed E-state index contributed by atoms with van der Waals surface area (Å²) in [6.45, 7) is 4.14. The molecule has 2 aromatic rings. The number of benzene rings is 2. The number of hydrogen-bond donors (Lipinski definition) is 1. The zero-order valence-electron chi connectivity index (χ0n) is 15.1. The summed E-state index contributed by atoms with van der Waals surface area (Å²) in [7, 11) is 0. The number of rotatable bonds is 6. The van der Waals surface area contributed by atoms with E-state index < -0.39 is 6.10 Å². The van der Waals surface area contributed by atoms with Crippen molar-refractivity contribution in [2.24, 2.45) is 0 Å². The Morgan fingerprint density at radius 2 is 1.88 bits per heavy atom. The van der Waals surface area contributed by atoms with Gasteiger partial charge in [-0.1, -0.05) is 24.6 Å². The van der Waals surface area contributed by atoms with Gasteiger partial charge in [-0.2, -0.15) is 0 Å². The Hall–Kier alpha value is -2.20. The Bertz CT molecular complexity index is 727. The Balaban J connectivity index is 1.60. The number of anilines is 2. The van der Waals surface area contributed by atoms with Crippen LogP contribution >= 0.6 is 11.6 Å². The zero-order valence-corrected chi connectivity index (χ0v) is 15.8. The number of nitrogens with zero attached hydrogens (tertiary/aromatic N) is 1. The van der Waals surface area contributed by atoms with Crippen LogP contribution in [0, 0.1) is 0 Å². The lowest BCUT2D eigenvalue weighted by molar-refractivity contribution is -0.122. The predicted molar refractivity (Wildman–Crippen MR) is 107 cm³/mol. The predicted octanol–water partition coefficient (Wildman–Crippen LogP) is 5.13. The summed E-state index contributed by atoms with van der Waals surface area (Å²) >= 11 is 5.98. The van der Waals surface area contributed by atoms with Crippen LogP contribution in [0.15, 0.2) is 48.5 Å². The molecule has 1 aliphatic heterocycles. The van der Waals surface area contributed by atoms with Crippen LogP contribution < -0.4 is 15.0 Å². The second kappa shape index (κ2) is 8.95. The molecule has 1 aliphatic rings. The number of hydrogen-bond acceptors (Lipinski definition) is 3. The second-order valence-corrected chi connectivity index (χ2v) is 6.99. The minimum Gasteiger partial charge on any atom is -0.481 e. The summed E-state index contributed by atoms with van der Waals surface area (Å²) in [6, 6.07) is 15.1. The number of piperidine rings is 1. The standard InChI is InChI=1S/C21H25ClN2O2/c1-2-20(26-19-8-6-7-16(22)15-19)21(25)23-17-9-11-18(12-10-17)24-13-4-3-5-14-24/h6-12,15,20H,2-5,13-14H2,1H3,(H,23,25). The summed E-state index contributed by atoms with van der Waals surface area (Å²) < 4.78 is 5.79. The van der Waals surface area contributed by atoms with E-state index in [2.05, 4.69) is 22.3 Å². The summed E-state index contributed by atoms with van der Waals surface area (Å²) in [5.74, 6) is 0.443. The van der Waals surface area contributed by atoms with Crippen LogP contribution in [0.1, 0.15) is 32.6 Å². The van der Waals surface area contributed by atoms with Gasteiger partial charge in [0.2, 0.25) is 0 Å². The zero-order chi connectivity index (χ0) is 18.4. The molecule has 1 fully saturated rings. The van der Waals surface area contributed by atoms with Gasteiger partial charge in [-0.05, 0) is 68.1 Å². The smallest absolute Gasteiger partial charge is 0.265 e. The molecule has 0 radical (unpaired) electrons. The molecule has 1 atom stereocenters. The van der Waals surface area contributed by atoms with E-state index in [1.807, 2.05) is 25.1 Å². The van der Waals surface area contributed by atoms with Gasteiger partial charge < -0.3 is 15.0 Å². The Morgan fingerprint density at radius 1 is 1.15 bits per heavy atom. The molecule has 0 aliphatic carbocycles. The highest BCUT2D eigenvalue weighted by molar-refractivity contribution is 6.30. The molecular weight excluding hydrogens is 348 g/mol. The highest BCUT2D eigenvalue weighted by Crippen LogP contribution is 2.23. The molecule has 0 bridgehead atoms. The highest BCUT2D eigenvalue weighted by atomic mass is 35.5. The first-order chi connectivity index (χ1) is 12.7. The molecule has 4 nitrogen and oxygen atoms in total. The van der Waals surface area contributed by atoms with Crippen molar-refractivity contribution < 1.29 is 9.53 Å². The molecule has 1 amide bonds. The van der Waals surface area contributed by atoms with Crippen molar-refractivity contribution >= 4 is 28.9 Å². The van der Waals surface area contributed by atoms with Crippen molar-refractivity contribution in [2.45, 2.75) is 38.7 Å². The maximum atomic E-state index is 12.5. The first-order valence-corrected chi connectivity index (χ1v) is 9.61. The van der Waals surface area contributed by atoms with Gasteiger partial charge in [0, 0.05) is 29.5 Å². The van der Waals surface area contributed by atoms with Crippen LogP contribution in [0.4, 0.5) is 11.4 Å². The molecule has 2 aromatic carbocycles. The fourth-order valence-corrected chi connectivity index (χ4v) is 3.34. The molecule has 26 heavy (non-hydrogen) atoms. The van der Waals surface area contributed by atoms with Gasteiger partial charge >= 0.3 is 0 Å². The van der Waals surface area contributed by atoms with Gasteiger partial charge in [-0.3, -0.25) is 4.79 Å². The Labute approximate surface area is 160 Å². The number of carbonyl (C=O) groups is 1. The fraction of sp³-hybridized carbons (Fsp3) is 0.381. The van der Waals surface area contributed by atoms with Crippen molar-refractivity contribution in [3.05, 3.63) is 53.6 Å². The van der Waals surface area contributed by atoms with Gasteiger partial charge in [0.1, 0.15) is 5.75 Å². The Kier molecular flexibility index (Phi) is 6.40. The average molecular weight is 373 g/mol. The Morgan fingerprint density at radius 3 is 2.54 bits per heavy atom. The van der Waals surface area contributed by atoms with Gasteiger partial charge in [0.05, 0.1) is 0 Å². The molecule has 1 unspecified atom stereocenters. The lowest BCUT2D eigenvalue weighted by atomic mass is 10.1. The average Bonchev–Trinajstić information content (AvgIpc) is 2.67. The number of halogens is 1. The minimum absolute atomic E-state index is 0.154. The maximum absolute atomic E-state index is 12.5. The maximum Gasteiger partial charge on any atom is 0.265 e. The molecule has 138 valence electrons. The van der Waals surface area contributed by atoms with E-state index in [1.165, 1.54) is 24.9 Å². The normalized spacial score (nSPS) is 15.4. The number of carbonyl (C=O) groups excluding carboxylic acids is 1. The molecule has 0 aromatic heterocycles. The molecule has 5 heteroatoms. The lowest BCUT2D eigenvalue weighted by Gasteiger charge is -2.28. The molecule has 1 heterocycles. The SMILES string of the molecule is CCC(Oc1cccc(Cl)c1)C(=O)Nc1ccc(N2CCCCC2)cc1. The van der Waals surface area contributed by atoms with Gasteiger partial charge in [-0.25, -0.2) is 0 Å². The third-order valence-electron chi connectivity index (χ3n) is 4.59. The fourth-order valence-electron chi connectivity index (χ4n) is 3.16. The summed E-state index contributed by atoms with van der Waals surface area (Å²) in [5, 5.41) is 3.53. The van der Waals surface area contributed by atoms with Crippen LogP contribution in [0.3, 0.4) is 0 Å². The second-order valence-electron chi connectivity index (χ2n) is 6.56. The third kappa shape index (κ3) is 4.92. The molecule has 3 rings (SSSR count). The number of ether oxygens (including phenoxy) is 1. The molecule has 0 saturated carbocycles. The summed E-state index contributed by atoms with van der Waals surface area (Å²) in [6.07, 6.45) is 3.82. The van der Waals surface area contributed by atoms with Crippen molar-refractivity contribution in [3.63, 3.8) is 0 Å². The first-order valence-electron chi connectivity index (χ1n) is 9.24. The van der Waals surface area contributed by atoms with E-state index in [0.717, 1.165) is 18.8 Å². The minimum atomic E-state index is -0.560. The molecule has 1 N–H and O–H groups in total. The largest absolute Gasteiger partial charge is 0.481 e. The first kappa shape index (κ1) is 18.6. The summed E-state index contributed by atoms with van der Waals surface area (Å²) in [4.78, 5) is 14.9. The van der Waals surface area contributed by atoms with Crippen molar-refractivity contribution in [3.8, 4) is 5.75 Å². The van der Waals surface area contributed by atoms with Gasteiger partial charge in [-0.15, -0.1) is 0 Å². The highest BCUT2D eigenvalue weighted by Gasteiger charge is 2.19. The number of nitrogens with one attached hydrogen (secondary N) is 1. The molecule has 0 spiro atoms. The lowest BCUT2D eigenvalue weighted by Crippen LogP contribution is -2.32.